The molecular weight excluding hydrogens is 328 g/mol. The summed E-state index contributed by atoms with van der Waals surface area (Å²) in [6, 6.07) is 16.3. The van der Waals surface area contributed by atoms with E-state index in [1.165, 1.54) is 0 Å². The second-order valence-corrected chi connectivity index (χ2v) is 6.22. The summed E-state index contributed by atoms with van der Waals surface area (Å²) in [6.45, 7) is 3.06. The van der Waals surface area contributed by atoms with Crippen LogP contribution in [0.2, 0.25) is 0 Å². The summed E-state index contributed by atoms with van der Waals surface area (Å²) in [6.07, 6.45) is 1.17. The van der Waals surface area contributed by atoms with Crippen LogP contribution in [0.3, 0.4) is 0 Å². The van der Waals surface area contributed by atoms with Gasteiger partial charge >= 0.3 is 0 Å². The van der Waals surface area contributed by atoms with Gasteiger partial charge in [-0.1, -0.05) is 48.0 Å². The first-order valence-electron chi connectivity index (χ1n) is 8.78. The number of rotatable bonds is 9. The highest BCUT2D eigenvalue weighted by atomic mass is 16.5. The number of methoxy groups -OCH3 is 1. The molecule has 0 fully saturated rings. The van der Waals surface area contributed by atoms with Crippen LogP contribution in [-0.2, 0) is 16.0 Å². The lowest BCUT2D eigenvalue weighted by Crippen LogP contribution is -2.48. The van der Waals surface area contributed by atoms with Crippen molar-refractivity contribution in [1.29, 1.82) is 0 Å². The molecule has 2 aromatic carbocycles. The van der Waals surface area contributed by atoms with Crippen LogP contribution in [-0.4, -0.2) is 38.1 Å². The molecule has 0 aliphatic heterocycles. The van der Waals surface area contributed by atoms with E-state index in [0.29, 0.717) is 25.1 Å². The van der Waals surface area contributed by atoms with Crippen molar-refractivity contribution in [2.24, 2.45) is 0 Å². The molecule has 0 heterocycles. The van der Waals surface area contributed by atoms with Crippen LogP contribution in [0.25, 0.3) is 0 Å². The van der Waals surface area contributed by atoms with E-state index in [2.05, 4.69) is 10.6 Å². The molecule has 0 spiro atoms. The number of amides is 2. The Balaban J connectivity index is 2.05. The highest BCUT2D eigenvalue weighted by molar-refractivity contribution is 5.97. The Morgan fingerprint density at radius 1 is 1.04 bits per heavy atom. The molecule has 2 N–H and O–H groups in total. The van der Waals surface area contributed by atoms with Crippen molar-refractivity contribution in [2.45, 2.75) is 25.8 Å². The summed E-state index contributed by atoms with van der Waals surface area (Å²) in [7, 11) is 1.63. The lowest BCUT2D eigenvalue weighted by Gasteiger charge is -2.19. The van der Waals surface area contributed by atoms with Crippen molar-refractivity contribution < 1.29 is 14.3 Å². The van der Waals surface area contributed by atoms with Crippen LogP contribution in [0, 0.1) is 6.92 Å². The van der Waals surface area contributed by atoms with Crippen LogP contribution in [0.4, 0.5) is 0 Å². The number of hydrogen-bond acceptors (Lipinski definition) is 3. The summed E-state index contributed by atoms with van der Waals surface area (Å²) < 4.78 is 4.99. The standard InChI is InChI=1S/C21H26N2O3/c1-16-9-11-18(12-10-16)20(24)23-19(15-17-7-4-3-5-8-17)21(25)22-13-6-14-26-2/h3-5,7-12,19H,6,13-15H2,1-2H3,(H,22,25)(H,23,24)/t19-/m1/s1. The van der Waals surface area contributed by atoms with Crippen molar-refractivity contribution >= 4 is 11.8 Å². The van der Waals surface area contributed by atoms with Gasteiger partial charge in [0.2, 0.25) is 5.91 Å². The minimum absolute atomic E-state index is 0.189. The van der Waals surface area contributed by atoms with E-state index in [9.17, 15) is 9.59 Å². The van der Waals surface area contributed by atoms with Crippen molar-refractivity contribution in [2.75, 3.05) is 20.3 Å². The molecule has 0 unspecified atom stereocenters. The Bertz CT molecular complexity index is 699. The number of hydrogen-bond donors (Lipinski definition) is 2. The van der Waals surface area contributed by atoms with E-state index >= 15 is 0 Å². The minimum Gasteiger partial charge on any atom is -0.385 e. The van der Waals surface area contributed by atoms with Gasteiger partial charge in [-0.05, 0) is 31.0 Å². The maximum atomic E-state index is 12.6. The van der Waals surface area contributed by atoms with Gasteiger partial charge in [0, 0.05) is 32.2 Å². The van der Waals surface area contributed by atoms with Gasteiger partial charge in [0.1, 0.15) is 6.04 Å². The highest BCUT2D eigenvalue weighted by Crippen LogP contribution is 2.07. The molecule has 0 bridgehead atoms. The van der Waals surface area contributed by atoms with E-state index in [1.54, 1.807) is 19.2 Å². The zero-order valence-corrected chi connectivity index (χ0v) is 15.3. The molecule has 0 aliphatic carbocycles. The first-order valence-corrected chi connectivity index (χ1v) is 8.78. The quantitative estimate of drug-likeness (QED) is 0.680. The van der Waals surface area contributed by atoms with Crippen LogP contribution < -0.4 is 10.6 Å². The average molecular weight is 354 g/mol. The first kappa shape index (κ1) is 19.7. The molecule has 0 radical (unpaired) electrons. The average Bonchev–Trinajstić information content (AvgIpc) is 2.66. The Labute approximate surface area is 154 Å². The number of nitrogens with one attached hydrogen (secondary N) is 2. The fourth-order valence-corrected chi connectivity index (χ4v) is 2.56. The van der Waals surface area contributed by atoms with E-state index in [-0.39, 0.29) is 11.8 Å². The number of carbonyl (C=O) groups excluding carboxylic acids is 2. The monoisotopic (exact) mass is 354 g/mol. The predicted molar refractivity (Wildman–Crippen MR) is 102 cm³/mol. The predicted octanol–water partition coefficient (Wildman–Crippen LogP) is 2.49. The minimum atomic E-state index is -0.631. The van der Waals surface area contributed by atoms with Crippen LogP contribution in [0.15, 0.2) is 54.6 Å². The van der Waals surface area contributed by atoms with Crippen molar-refractivity contribution in [1.82, 2.24) is 10.6 Å². The van der Waals surface area contributed by atoms with Crippen LogP contribution in [0.1, 0.15) is 27.9 Å². The summed E-state index contributed by atoms with van der Waals surface area (Å²) in [5, 5.41) is 5.73. The third kappa shape index (κ3) is 6.33. The Hall–Kier alpha value is -2.66. The topological polar surface area (TPSA) is 67.4 Å². The van der Waals surface area contributed by atoms with Crippen LogP contribution >= 0.6 is 0 Å². The van der Waals surface area contributed by atoms with Gasteiger partial charge < -0.3 is 15.4 Å². The summed E-state index contributed by atoms with van der Waals surface area (Å²) in [5.74, 6) is -0.441. The van der Waals surface area contributed by atoms with E-state index in [4.69, 9.17) is 4.74 Å². The molecule has 2 amide bonds. The Morgan fingerprint density at radius 3 is 2.38 bits per heavy atom. The number of aryl methyl sites for hydroxylation is 1. The fourth-order valence-electron chi connectivity index (χ4n) is 2.56. The van der Waals surface area contributed by atoms with Gasteiger partial charge in [-0.3, -0.25) is 9.59 Å². The summed E-state index contributed by atoms with van der Waals surface area (Å²) in [4.78, 5) is 25.1. The smallest absolute Gasteiger partial charge is 0.251 e. The maximum Gasteiger partial charge on any atom is 0.251 e. The normalized spacial score (nSPS) is 11.6. The fraction of sp³-hybridized carbons (Fsp3) is 0.333. The number of ether oxygens (including phenoxy) is 1. The molecule has 5 heteroatoms. The van der Waals surface area contributed by atoms with Gasteiger partial charge in [0.05, 0.1) is 0 Å². The molecule has 1 atom stereocenters. The molecule has 138 valence electrons. The van der Waals surface area contributed by atoms with Crippen molar-refractivity contribution in [3.05, 3.63) is 71.3 Å². The Morgan fingerprint density at radius 2 is 1.73 bits per heavy atom. The molecule has 0 saturated carbocycles. The summed E-state index contributed by atoms with van der Waals surface area (Å²) >= 11 is 0. The largest absolute Gasteiger partial charge is 0.385 e. The lowest BCUT2D eigenvalue weighted by atomic mass is 10.0. The third-order valence-corrected chi connectivity index (χ3v) is 4.04. The van der Waals surface area contributed by atoms with Gasteiger partial charge in [0.15, 0.2) is 0 Å². The molecule has 2 aromatic rings. The van der Waals surface area contributed by atoms with Gasteiger partial charge in [-0.25, -0.2) is 0 Å². The highest BCUT2D eigenvalue weighted by Gasteiger charge is 2.21. The first-order chi connectivity index (χ1) is 12.6. The molecular formula is C21H26N2O3. The van der Waals surface area contributed by atoms with Gasteiger partial charge in [0.25, 0.3) is 5.91 Å². The van der Waals surface area contributed by atoms with Gasteiger partial charge in [-0.15, -0.1) is 0 Å². The molecule has 0 aromatic heterocycles. The third-order valence-electron chi connectivity index (χ3n) is 4.04. The second-order valence-electron chi connectivity index (χ2n) is 6.22. The van der Waals surface area contributed by atoms with Crippen molar-refractivity contribution in [3.63, 3.8) is 0 Å². The van der Waals surface area contributed by atoms with Gasteiger partial charge in [-0.2, -0.15) is 0 Å². The van der Waals surface area contributed by atoms with E-state index in [0.717, 1.165) is 17.5 Å². The second kappa shape index (κ2) is 10.4. The maximum absolute atomic E-state index is 12.6. The lowest BCUT2D eigenvalue weighted by molar-refractivity contribution is -0.123. The molecule has 5 nitrogen and oxygen atoms in total. The zero-order valence-electron chi connectivity index (χ0n) is 15.3. The SMILES string of the molecule is COCCCNC(=O)[C@@H](Cc1ccccc1)NC(=O)c1ccc(C)cc1. The molecule has 0 saturated heterocycles. The van der Waals surface area contributed by atoms with Crippen molar-refractivity contribution in [3.8, 4) is 0 Å². The molecule has 2 rings (SSSR count). The molecule has 26 heavy (non-hydrogen) atoms. The zero-order chi connectivity index (χ0) is 18.8. The van der Waals surface area contributed by atoms with Crippen LogP contribution in [0.5, 0.6) is 0 Å². The number of carbonyl (C=O) groups is 2. The summed E-state index contributed by atoms with van der Waals surface area (Å²) in [5.41, 5.74) is 2.62. The number of benzene rings is 2. The van der Waals surface area contributed by atoms with E-state index in [1.807, 2.05) is 49.4 Å². The van der Waals surface area contributed by atoms with E-state index < -0.39 is 6.04 Å². The Kier molecular flexibility index (Phi) is 7.83. The molecule has 0 aliphatic rings.